The van der Waals surface area contributed by atoms with Crippen molar-refractivity contribution in [3.63, 3.8) is 0 Å². The molecule has 0 saturated carbocycles. The third-order valence-electron chi connectivity index (χ3n) is 5.83. The molecule has 6 unspecified atom stereocenters. The number of hydrogen-bond donors (Lipinski definition) is 3. The number of aliphatic hydroxyl groups excluding tert-OH is 2. The third-order valence-corrected chi connectivity index (χ3v) is 6.21. The Morgan fingerprint density at radius 3 is 2.45 bits per heavy atom. The Hall–Kier alpha value is -1.73. The maximum absolute atomic E-state index is 12.7. The van der Waals surface area contributed by atoms with Crippen molar-refractivity contribution in [1.29, 1.82) is 0 Å². The molecule has 0 amide bonds. The van der Waals surface area contributed by atoms with E-state index in [1.807, 2.05) is 6.92 Å². The number of carbonyl (C=O) groups is 2. The number of rotatable bonds is 7. The SMILES string of the molecule is CC(O)C(C)C=CC1=CC2=C(Cl)C(=O)C(C)(O)C(CC(=O)C(C)C(C)O)C2=CO1. The molecule has 6 nitrogen and oxygen atoms in total. The Morgan fingerprint density at radius 1 is 1.28 bits per heavy atom. The number of hydrogen-bond acceptors (Lipinski definition) is 6. The average Bonchev–Trinajstić information content (AvgIpc) is 2.66. The van der Waals surface area contributed by atoms with Gasteiger partial charge in [-0.25, -0.2) is 0 Å². The fourth-order valence-corrected chi connectivity index (χ4v) is 3.53. The maximum Gasteiger partial charge on any atom is 0.206 e. The summed E-state index contributed by atoms with van der Waals surface area (Å²) in [5.74, 6) is -2.09. The molecule has 7 heteroatoms. The molecule has 1 heterocycles. The summed E-state index contributed by atoms with van der Waals surface area (Å²) in [6, 6.07) is 0. The van der Waals surface area contributed by atoms with E-state index in [0.717, 1.165) is 0 Å². The van der Waals surface area contributed by atoms with Gasteiger partial charge in [-0.3, -0.25) is 9.59 Å². The van der Waals surface area contributed by atoms with E-state index >= 15 is 0 Å². The molecule has 0 fully saturated rings. The number of allylic oxidation sites excluding steroid dienone is 3. The Kier molecular flexibility index (Phi) is 7.28. The Balaban J connectivity index is 2.38. The van der Waals surface area contributed by atoms with E-state index < -0.39 is 35.4 Å². The highest BCUT2D eigenvalue weighted by atomic mass is 35.5. The Morgan fingerprint density at radius 2 is 1.90 bits per heavy atom. The molecular weight excluding hydrogens is 396 g/mol. The normalized spacial score (nSPS) is 28.9. The first kappa shape index (κ1) is 23.5. The molecule has 1 aliphatic heterocycles. The van der Waals surface area contributed by atoms with Crippen LogP contribution in [0.15, 0.2) is 46.4 Å². The molecule has 1 aliphatic carbocycles. The zero-order valence-electron chi connectivity index (χ0n) is 17.3. The summed E-state index contributed by atoms with van der Waals surface area (Å²) in [4.78, 5) is 25.3. The summed E-state index contributed by atoms with van der Waals surface area (Å²) >= 11 is 6.26. The van der Waals surface area contributed by atoms with E-state index in [1.54, 1.807) is 32.1 Å². The van der Waals surface area contributed by atoms with Crippen LogP contribution in [-0.4, -0.2) is 44.7 Å². The largest absolute Gasteiger partial charge is 0.465 e. The van der Waals surface area contributed by atoms with Crippen molar-refractivity contribution in [2.75, 3.05) is 0 Å². The summed E-state index contributed by atoms with van der Waals surface area (Å²) in [5, 5.41) is 30.0. The van der Waals surface area contributed by atoms with Gasteiger partial charge >= 0.3 is 0 Å². The lowest BCUT2D eigenvalue weighted by Gasteiger charge is -2.39. The minimum atomic E-state index is -1.87. The highest BCUT2D eigenvalue weighted by molar-refractivity contribution is 6.45. The molecule has 6 atom stereocenters. The lowest BCUT2D eigenvalue weighted by Crippen LogP contribution is -2.49. The van der Waals surface area contributed by atoms with E-state index in [9.17, 15) is 24.9 Å². The molecule has 0 radical (unpaired) electrons. The monoisotopic (exact) mass is 424 g/mol. The summed E-state index contributed by atoms with van der Waals surface area (Å²) in [5.41, 5.74) is -1.00. The summed E-state index contributed by atoms with van der Waals surface area (Å²) < 4.78 is 5.63. The highest BCUT2D eigenvalue weighted by Gasteiger charge is 2.49. The second-order valence-corrected chi connectivity index (χ2v) is 8.53. The van der Waals surface area contributed by atoms with Crippen molar-refractivity contribution in [2.45, 2.75) is 58.8 Å². The minimum absolute atomic E-state index is 0.102. The van der Waals surface area contributed by atoms with Crippen LogP contribution in [-0.2, 0) is 14.3 Å². The highest BCUT2D eigenvalue weighted by Crippen LogP contribution is 2.45. The quantitative estimate of drug-likeness (QED) is 0.580. The van der Waals surface area contributed by atoms with Crippen molar-refractivity contribution >= 4 is 23.2 Å². The number of halogens is 1. The molecule has 2 aliphatic rings. The second-order valence-electron chi connectivity index (χ2n) is 8.15. The Labute approximate surface area is 176 Å². The average molecular weight is 425 g/mol. The van der Waals surface area contributed by atoms with E-state index in [0.29, 0.717) is 16.9 Å². The van der Waals surface area contributed by atoms with Gasteiger partial charge in [0.1, 0.15) is 17.1 Å². The van der Waals surface area contributed by atoms with Gasteiger partial charge in [-0.15, -0.1) is 0 Å². The van der Waals surface area contributed by atoms with Gasteiger partial charge in [0.2, 0.25) is 5.78 Å². The topological polar surface area (TPSA) is 104 Å². The van der Waals surface area contributed by atoms with E-state index in [2.05, 4.69) is 0 Å². The first-order valence-corrected chi connectivity index (χ1v) is 10.1. The third kappa shape index (κ3) is 4.89. The van der Waals surface area contributed by atoms with Gasteiger partial charge in [0.25, 0.3) is 0 Å². The van der Waals surface area contributed by atoms with Gasteiger partial charge in [-0.2, -0.15) is 0 Å². The molecule has 29 heavy (non-hydrogen) atoms. The van der Waals surface area contributed by atoms with Gasteiger partial charge in [0.05, 0.1) is 23.5 Å². The van der Waals surface area contributed by atoms with Crippen LogP contribution < -0.4 is 0 Å². The lowest BCUT2D eigenvalue weighted by molar-refractivity contribution is -0.138. The maximum atomic E-state index is 12.7. The van der Waals surface area contributed by atoms with Crippen LogP contribution in [0.3, 0.4) is 0 Å². The number of ketones is 2. The zero-order valence-corrected chi connectivity index (χ0v) is 18.1. The number of ether oxygens (including phenoxy) is 1. The number of carbonyl (C=O) groups excluding carboxylic acids is 2. The Bertz CT molecular complexity index is 800. The number of fused-ring (bicyclic) bond motifs is 1. The first-order chi connectivity index (χ1) is 13.4. The van der Waals surface area contributed by atoms with Crippen molar-refractivity contribution in [1.82, 2.24) is 0 Å². The predicted molar refractivity (Wildman–Crippen MR) is 110 cm³/mol. The summed E-state index contributed by atoms with van der Waals surface area (Å²) in [6.07, 6.45) is 4.94. The van der Waals surface area contributed by atoms with E-state index in [4.69, 9.17) is 16.3 Å². The minimum Gasteiger partial charge on any atom is -0.465 e. The van der Waals surface area contributed by atoms with Crippen LogP contribution in [0.25, 0.3) is 0 Å². The van der Waals surface area contributed by atoms with Crippen molar-refractivity contribution in [3.8, 4) is 0 Å². The summed E-state index contributed by atoms with van der Waals surface area (Å²) in [7, 11) is 0. The van der Waals surface area contributed by atoms with Crippen LogP contribution in [0.4, 0.5) is 0 Å². The number of Topliss-reactive ketones (excluding diaryl/α,β-unsaturated/α-hetero) is 2. The molecule has 0 aromatic rings. The second kappa shape index (κ2) is 8.96. The lowest BCUT2D eigenvalue weighted by atomic mass is 9.69. The van der Waals surface area contributed by atoms with E-state index in [-0.39, 0.29) is 23.2 Å². The van der Waals surface area contributed by atoms with Crippen LogP contribution in [0.1, 0.15) is 41.0 Å². The van der Waals surface area contributed by atoms with Crippen LogP contribution in [0, 0.1) is 17.8 Å². The molecule has 0 bridgehead atoms. The van der Waals surface area contributed by atoms with Crippen molar-refractivity contribution < 1.29 is 29.6 Å². The van der Waals surface area contributed by atoms with Gasteiger partial charge in [-0.05, 0) is 32.9 Å². The van der Waals surface area contributed by atoms with Crippen molar-refractivity contribution in [3.05, 3.63) is 46.4 Å². The molecule has 0 saturated heterocycles. The first-order valence-electron chi connectivity index (χ1n) is 9.70. The molecule has 0 aromatic carbocycles. The number of aliphatic hydroxyl groups is 3. The molecule has 2 rings (SSSR count). The van der Waals surface area contributed by atoms with E-state index in [1.165, 1.54) is 20.1 Å². The molecular formula is C22H29ClO6. The smallest absolute Gasteiger partial charge is 0.206 e. The molecule has 0 spiro atoms. The van der Waals surface area contributed by atoms with Gasteiger partial charge in [-0.1, -0.05) is 31.5 Å². The molecule has 3 N–H and O–H groups in total. The summed E-state index contributed by atoms with van der Waals surface area (Å²) in [6.45, 7) is 8.00. The van der Waals surface area contributed by atoms with Gasteiger partial charge < -0.3 is 20.1 Å². The van der Waals surface area contributed by atoms with Gasteiger partial charge in [0, 0.05) is 35.3 Å². The molecule has 160 valence electrons. The zero-order chi connectivity index (χ0) is 22.1. The predicted octanol–water partition coefficient (Wildman–Crippen LogP) is 2.78. The fourth-order valence-electron chi connectivity index (χ4n) is 3.18. The van der Waals surface area contributed by atoms with Crippen LogP contribution in [0.5, 0.6) is 0 Å². The van der Waals surface area contributed by atoms with Crippen LogP contribution >= 0.6 is 11.6 Å². The van der Waals surface area contributed by atoms with Gasteiger partial charge in [0.15, 0.2) is 0 Å². The fraction of sp³-hybridized carbons (Fsp3) is 0.545. The van der Waals surface area contributed by atoms with Crippen molar-refractivity contribution in [2.24, 2.45) is 17.8 Å². The van der Waals surface area contributed by atoms with Crippen LogP contribution in [0.2, 0.25) is 0 Å². The molecule has 0 aromatic heterocycles. The standard InChI is InChI=1S/C22H29ClO6/c1-11(13(3)24)6-7-15-8-16-17(10-29-15)18(9-19(26)12(2)14(4)25)22(5,28)21(27)20(16)23/h6-8,10-14,18,24-25,28H,9H2,1-5H3.